The van der Waals surface area contributed by atoms with Crippen molar-refractivity contribution < 1.29 is 18.0 Å². The van der Waals surface area contributed by atoms with E-state index in [0.29, 0.717) is 35.1 Å². The summed E-state index contributed by atoms with van der Waals surface area (Å²) in [6, 6.07) is 16.6. The van der Waals surface area contributed by atoms with Crippen LogP contribution >= 0.6 is 0 Å². The molecule has 4 rings (SSSR count). The second-order valence-electron chi connectivity index (χ2n) is 9.81. The first kappa shape index (κ1) is 26.8. The van der Waals surface area contributed by atoms with Gasteiger partial charge in [0.1, 0.15) is 0 Å². The van der Waals surface area contributed by atoms with Crippen LogP contribution in [0.4, 0.5) is 5.69 Å². The van der Waals surface area contributed by atoms with Gasteiger partial charge < -0.3 is 16.0 Å². The van der Waals surface area contributed by atoms with E-state index in [1.54, 1.807) is 48.2 Å². The number of anilines is 1. The van der Waals surface area contributed by atoms with Gasteiger partial charge in [0.05, 0.1) is 10.9 Å². The Labute approximate surface area is 218 Å². The molecule has 9 heteroatoms. The fraction of sp³-hybridized carbons (Fsp3) is 0.357. The zero-order valence-corrected chi connectivity index (χ0v) is 22.2. The summed E-state index contributed by atoms with van der Waals surface area (Å²) in [5.41, 5.74) is 7.72. The summed E-state index contributed by atoms with van der Waals surface area (Å²) >= 11 is 0. The van der Waals surface area contributed by atoms with Crippen molar-refractivity contribution in [2.75, 3.05) is 18.4 Å². The Morgan fingerprint density at radius 2 is 1.68 bits per heavy atom. The van der Waals surface area contributed by atoms with Gasteiger partial charge in [0.2, 0.25) is 15.9 Å². The number of likely N-dealkylation sites (tertiary alicyclic amines) is 1. The third-order valence-corrected chi connectivity index (χ3v) is 8.64. The van der Waals surface area contributed by atoms with Gasteiger partial charge >= 0.3 is 0 Å². The SMILES string of the molecule is Cc1ccccc1C(=O)Nc1ccc(S(=O)(=O)NC(C)C2CCCN(C(=O)C(C)N)C2)c2ccccc12. The largest absolute Gasteiger partial charge is 0.341 e. The van der Waals surface area contributed by atoms with Gasteiger partial charge in [-0.25, -0.2) is 13.1 Å². The van der Waals surface area contributed by atoms with Crippen molar-refractivity contribution in [1.29, 1.82) is 0 Å². The Bertz CT molecular complexity index is 1420. The molecule has 0 bridgehead atoms. The van der Waals surface area contributed by atoms with Crippen LogP contribution in [0.5, 0.6) is 0 Å². The van der Waals surface area contributed by atoms with Gasteiger partial charge in [0.25, 0.3) is 5.91 Å². The summed E-state index contributed by atoms with van der Waals surface area (Å²) in [6.45, 7) is 6.47. The lowest BCUT2D eigenvalue weighted by Gasteiger charge is -2.36. The lowest BCUT2D eigenvalue weighted by Crippen LogP contribution is -2.51. The molecule has 3 atom stereocenters. The van der Waals surface area contributed by atoms with Crippen LogP contribution in [0.15, 0.2) is 65.6 Å². The van der Waals surface area contributed by atoms with E-state index in [9.17, 15) is 18.0 Å². The number of piperidine rings is 1. The monoisotopic (exact) mass is 522 g/mol. The first-order valence-electron chi connectivity index (χ1n) is 12.5. The number of rotatable bonds is 7. The molecule has 1 saturated heterocycles. The number of hydrogen-bond acceptors (Lipinski definition) is 5. The summed E-state index contributed by atoms with van der Waals surface area (Å²) in [5.74, 6) is -0.395. The first-order valence-corrected chi connectivity index (χ1v) is 14.0. The van der Waals surface area contributed by atoms with Crippen LogP contribution in [0.25, 0.3) is 10.8 Å². The van der Waals surface area contributed by atoms with Crippen molar-refractivity contribution >= 4 is 38.3 Å². The predicted molar refractivity (Wildman–Crippen MR) is 146 cm³/mol. The van der Waals surface area contributed by atoms with Gasteiger partial charge in [-0.1, -0.05) is 42.5 Å². The number of amides is 2. The van der Waals surface area contributed by atoms with E-state index in [1.807, 2.05) is 32.0 Å². The summed E-state index contributed by atoms with van der Waals surface area (Å²) in [6.07, 6.45) is 1.62. The second-order valence-corrected chi connectivity index (χ2v) is 11.5. The molecule has 0 aromatic heterocycles. The van der Waals surface area contributed by atoms with Gasteiger partial charge in [-0.05, 0) is 63.3 Å². The van der Waals surface area contributed by atoms with Crippen molar-refractivity contribution in [3.05, 3.63) is 71.8 Å². The topological polar surface area (TPSA) is 122 Å². The molecule has 1 heterocycles. The minimum atomic E-state index is -3.88. The molecule has 37 heavy (non-hydrogen) atoms. The van der Waals surface area contributed by atoms with E-state index in [-0.39, 0.29) is 28.7 Å². The second kappa shape index (κ2) is 11.0. The van der Waals surface area contributed by atoms with Crippen LogP contribution in [-0.2, 0) is 14.8 Å². The summed E-state index contributed by atoms with van der Waals surface area (Å²) in [7, 11) is -3.88. The number of nitrogens with two attached hydrogens (primary N) is 1. The van der Waals surface area contributed by atoms with Crippen LogP contribution < -0.4 is 15.8 Å². The van der Waals surface area contributed by atoms with Crippen molar-refractivity contribution in [3.8, 4) is 0 Å². The maximum Gasteiger partial charge on any atom is 0.255 e. The highest BCUT2D eigenvalue weighted by molar-refractivity contribution is 7.89. The van der Waals surface area contributed by atoms with Gasteiger partial charge in [0.15, 0.2) is 0 Å². The van der Waals surface area contributed by atoms with Crippen LogP contribution in [0.2, 0.25) is 0 Å². The van der Waals surface area contributed by atoms with Crippen LogP contribution in [0, 0.1) is 12.8 Å². The Hall–Kier alpha value is -3.27. The molecule has 3 unspecified atom stereocenters. The zero-order chi connectivity index (χ0) is 26.7. The van der Waals surface area contributed by atoms with Gasteiger partial charge in [-0.2, -0.15) is 0 Å². The lowest BCUT2D eigenvalue weighted by atomic mass is 9.92. The lowest BCUT2D eigenvalue weighted by molar-refractivity contribution is -0.134. The molecular formula is C28H34N4O4S. The number of sulfonamides is 1. The quantitative estimate of drug-likeness (QED) is 0.437. The van der Waals surface area contributed by atoms with E-state index in [0.717, 1.165) is 18.4 Å². The number of carbonyl (C=O) groups excluding carboxylic acids is 2. The van der Waals surface area contributed by atoms with E-state index < -0.39 is 16.1 Å². The van der Waals surface area contributed by atoms with Crippen molar-refractivity contribution in [2.24, 2.45) is 11.7 Å². The van der Waals surface area contributed by atoms with Crippen LogP contribution in [0.3, 0.4) is 0 Å². The highest BCUT2D eigenvalue weighted by atomic mass is 32.2. The molecule has 1 fully saturated rings. The van der Waals surface area contributed by atoms with Crippen LogP contribution in [-0.4, -0.2) is 50.3 Å². The molecule has 1 aliphatic heterocycles. The molecule has 0 aliphatic carbocycles. The number of nitrogens with zero attached hydrogens (tertiary/aromatic N) is 1. The predicted octanol–water partition coefficient (Wildman–Crippen LogP) is 3.65. The van der Waals surface area contributed by atoms with Gasteiger partial charge in [-0.3, -0.25) is 9.59 Å². The third-order valence-electron chi connectivity index (χ3n) is 7.02. The molecule has 0 spiro atoms. The smallest absolute Gasteiger partial charge is 0.255 e. The Balaban J connectivity index is 1.58. The number of benzene rings is 3. The number of nitrogens with one attached hydrogen (secondary N) is 2. The highest BCUT2D eigenvalue weighted by Crippen LogP contribution is 2.31. The summed E-state index contributed by atoms with van der Waals surface area (Å²) in [4.78, 5) is 27.2. The number of carbonyl (C=O) groups is 2. The Morgan fingerprint density at radius 1 is 1.00 bits per heavy atom. The fourth-order valence-electron chi connectivity index (χ4n) is 4.94. The van der Waals surface area contributed by atoms with Crippen LogP contribution in [0.1, 0.15) is 42.6 Å². The van der Waals surface area contributed by atoms with Gasteiger partial charge in [0, 0.05) is 41.2 Å². The molecule has 0 saturated carbocycles. The average molecular weight is 523 g/mol. The molecule has 4 N–H and O–H groups in total. The number of fused-ring (bicyclic) bond motifs is 1. The molecule has 3 aromatic rings. The van der Waals surface area contributed by atoms with Crippen molar-refractivity contribution in [3.63, 3.8) is 0 Å². The minimum absolute atomic E-state index is 0.0230. The van der Waals surface area contributed by atoms with Crippen molar-refractivity contribution in [1.82, 2.24) is 9.62 Å². The van der Waals surface area contributed by atoms with E-state index in [2.05, 4.69) is 10.0 Å². The molecule has 2 amide bonds. The van der Waals surface area contributed by atoms with E-state index in [1.165, 1.54) is 6.07 Å². The van der Waals surface area contributed by atoms with Crippen molar-refractivity contribution in [2.45, 2.75) is 50.6 Å². The summed E-state index contributed by atoms with van der Waals surface area (Å²) in [5, 5.41) is 4.08. The molecular weight excluding hydrogens is 488 g/mol. The minimum Gasteiger partial charge on any atom is -0.341 e. The maximum absolute atomic E-state index is 13.5. The number of aryl methyl sites for hydroxylation is 1. The van der Waals surface area contributed by atoms with E-state index >= 15 is 0 Å². The Kier molecular flexibility index (Phi) is 7.96. The fourth-order valence-corrected chi connectivity index (χ4v) is 6.47. The first-order chi connectivity index (χ1) is 17.6. The maximum atomic E-state index is 13.5. The molecule has 0 radical (unpaired) electrons. The normalized spacial score (nSPS) is 17.8. The van der Waals surface area contributed by atoms with Gasteiger partial charge in [-0.15, -0.1) is 0 Å². The molecule has 3 aromatic carbocycles. The number of hydrogen-bond donors (Lipinski definition) is 3. The average Bonchev–Trinajstić information content (AvgIpc) is 2.88. The third kappa shape index (κ3) is 5.84. The highest BCUT2D eigenvalue weighted by Gasteiger charge is 2.31. The summed E-state index contributed by atoms with van der Waals surface area (Å²) < 4.78 is 29.9. The Morgan fingerprint density at radius 3 is 2.38 bits per heavy atom. The van der Waals surface area contributed by atoms with E-state index in [4.69, 9.17) is 5.73 Å². The standard InChI is InChI=1S/C28H34N4O4S/c1-18-9-4-5-11-22(18)27(33)30-25-14-15-26(24-13-7-6-12-23(24)25)37(35,36)31-20(3)21-10-8-16-32(17-21)28(34)19(2)29/h4-7,9,11-15,19-21,31H,8,10,16-17,29H2,1-3H3,(H,30,33). The zero-order valence-electron chi connectivity index (χ0n) is 21.4. The molecule has 1 aliphatic rings. The molecule has 8 nitrogen and oxygen atoms in total. The molecule has 196 valence electrons.